The van der Waals surface area contributed by atoms with Crippen LogP contribution in [0.25, 0.3) is 0 Å². The fourth-order valence-electron chi connectivity index (χ4n) is 3.98. The number of rotatable bonds is 6. The van der Waals surface area contributed by atoms with Crippen LogP contribution in [0, 0.1) is 0 Å². The van der Waals surface area contributed by atoms with Crippen LogP contribution in [0.2, 0.25) is 0 Å². The number of hydrogen-bond donors (Lipinski definition) is 0. The third kappa shape index (κ3) is 3.75. The lowest BCUT2D eigenvalue weighted by atomic mass is 9.77. The summed E-state index contributed by atoms with van der Waals surface area (Å²) < 4.78 is 5.22. The molecule has 1 amide bonds. The highest BCUT2D eigenvalue weighted by molar-refractivity contribution is 5.76. The SMILES string of the molecule is COCCN1CC[C@@]12CCCN(C(=O)CCc1ccccc1)C2. The maximum Gasteiger partial charge on any atom is 0.222 e. The van der Waals surface area contributed by atoms with Crippen molar-refractivity contribution in [2.75, 3.05) is 39.9 Å². The van der Waals surface area contributed by atoms with Crippen LogP contribution in [-0.2, 0) is 16.0 Å². The number of nitrogens with zero attached hydrogens (tertiary/aromatic N) is 2. The van der Waals surface area contributed by atoms with Crippen LogP contribution >= 0.6 is 0 Å². The van der Waals surface area contributed by atoms with Crippen LogP contribution in [0.4, 0.5) is 0 Å². The molecule has 0 radical (unpaired) electrons. The highest BCUT2D eigenvalue weighted by Crippen LogP contribution is 2.38. The molecular weight excluding hydrogens is 288 g/mol. The van der Waals surface area contributed by atoms with Gasteiger partial charge in [-0.2, -0.15) is 0 Å². The van der Waals surface area contributed by atoms with E-state index >= 15 is 0 Å². The average molecular weight is 316 g/mol. The number of ether oxygens (including phenoxy) is 1. The Morgan fingerprint density at radius 3 is 2.74 bits per heavy atom. The molecule has 0 N–H and O–H groups in total. The number of carbonyl (C=O) groups excluding carboxylic acids is 1. The molecule has 1 atom stereocenters. The first-order valence-corrected chi connectivity index (χ1v) is 8.79. The van der Waals surface area contributed by atoms with E-state index in [0.29, 0.717) is 12.3 Å². The summed E-state index contributed by atoms with van der Waals surface area (Å²) in [6.07, 6.45) is 5.04. The molecule has 1 aromatic rings. The summed E-state index contributed by atoms with van der Waals surface area (Å²) in [5, 5.41) is 0. The molecule has 1 aromatic carbocycles. The largest absolute Gasteiger partial charge is 0.383 e. The van der Waals surface area contributed by atoms with Gasteiger partial charge in [-0.05, 0) is 31.2 Å². The maximum absolute atomic E-state index is 12.6. The number of aryl methyl sites for hydroxylation is 1. The van der Waals surface area contributed by atoms with Gasteiger partial charge < -0.3 is 9.64 Å². The topological polar surface area (TPSA) is 32.8 Å². The lowest BCUT2D eigenvalue weighted by Crippen LogP contribution is -2.67. The highest BCUT2D eigenvalue weighted by Gasteiger charge is 2.47. The first kappa shape index (κ1) is 16.5. The van der Waals surface area contributed by atoms with Crippen LogP contribution in [0.1, 0.15) is 31.2 Å². The third-order valence-electron chi connectivity index (χ3n) is 5.46. The molecule has 126 valence electrons. The molecule has 0 aromatic heterocycles. The summed E-state index contributed by atoms with van der Waals surface area (Å²) in [5.41, 5.74) is 1.48. The van der Waals surface area contributed by atoms with Crippen molar-refractivity contribution in [2.45, 2.75) is 37.6 Å². The van der Waals surface area contributed by atoms with E-state index in [-0.39, 0.29) is 5.54 Å². The summed E-state index contributed by atoms with van der Waals surface area (Å²) >= 11 is 0. The fourth-order valence-corrected chi connectivity index (χ4v) is 3.98. The van der Waals surface area contributed by atoms with Crippen molar-refractivity contribution >= 4 is 5.91 Å². The summed E-state index contributed by atoms with van der Waals surface area (Å²) in [6, 6.07) is 10.3. The average Bonchev–Trinajstić information content (AvgIpc) is 2.60. The van der Waals surface area contributed by atoms with E-state index in [9.17, 15) is 4.79 Å². The van der Waals surface area contributed by atoms with Crippen LogP contribution in [0.3, 0.4) is 0 Å². The predicted octanol–water partition coefficient (Wildman–Crippen LogP) is 2.33. The monoisotopic (exact) mass is 316 g/mol. The normalized spacial score (nSPS) is 24.7. The molecule has 2 fully saturated rings. The predicted molar refractivity (Wildman–Crippen MR) is 91.4 cm³/mol. The zero-order chi connectivity index (χ0) is 16.1. The van der Waals surface area contributed by atoms with E-state index in [4.69, 9.17) is 4.74 Å². The second-order valence-electron chi connectivity index (χ2n) is 6.86. The van der Waals surface area contributed by atoms with Gasteiger partial charge >= 0.3 is 0 Å². The number of carbonyl (C=O) groups is 1. The van der Waals surface area contributed by atoms with Crippen molar-refractivity contribution in [2.24, 2.45) is 0 Å². The van der Waals surface area contributed by atoms with E-state index < -0.39 is 0 Å². The number of likely N-dealkylation sites (tertiary alicyclic amines) is 2. The quantitative estimate of drug-likeness (QED) is 0.807. The van der Waals surface area contributed by atoms with Crippen molar-refractivity contribution in [3.8, 4) is 0 Å². The summed E-state index contributed by atoms with van der Waals surface area (Å²) in [4.78, 5) is 17.2. The van der Waals surface area contributed by atoms with Gasteiger partial charge in [-0.15, -0.1) is 0 Å². The second-order valence-corrected chi connectivity index (χ2v) is 6.86. The van der Waals surface area contributed by atoms with Crippen molar-refractivity contribution in [3.05, 3.63) is 35.9 Å². The number of amides is 1. The minimum atomic E-state index is 0.235. The Kier molecular flexibility index (Phi) is 5.34. The molecular formula is C19H28N2O2. The van der Waals surface area contributed by atoms with Crippen LogP contribution in [-0.4, -0.2) is 61.1 Å². The number of piperidine rings is 1. The molecule has 0 bridgehead atoms. The van der Waals surface area contributed by atoms with Gasteiger partial charge in [0.25, 0.3) is 0 Å². The minimum absolute atomic E-state index is 0.235. The van der Waals surface area contributed by atoms with Crippen LogP contribution in [0.15, 0.2) is 30.3 Å². The Morgan fingerprint density at radius 2 is 2.04 bits per heavy atom. The Hall–Kier alpha value is -1.39. The number of benzene rings is 1. The van der Waals surface area contributed by atoms with Gasteiger partial charge in [0.15, 0.2) is 0 Å². The molecule has 1 spiro atoms. The summed E-state index contributed by atoms with van der Waals surface area (Å²) in [5.74, 6) is 0.312. The van der Waals surface area contributed by atoms with E-state index in [1.807, 2.05) is 18.2 Å². The number of methoxy groups -OCH3 is 1. The molecule has 3 rings (SSSR count). The van der Waals surface area contributed by atoms with Crippen molar-refractivity contribution in [1.29, 1.82) is 0 Å². The Labute approximate surface area is 139 Å². The van der Waals surface area contributed by atoms with Gasteiger partial charge in [0.1, 0.15) is 0 Å². The first-order valence-electron chi connectivity index (χ1n) is 8.79. The molecule has 2 aliphatic rings. The molecule has 2 saturated heterocycles. The summed E-state index contributed by atoms with van der Waals surface area (Å²) in [7, 11) is 1.76. The van der Waals surface area contributed by atoms with Gasteiger partial charge in [-0.25, -0.2) is 0 Å². The molecule has 0 unspecified atom stereocenters. The van der Waals surface area contributed by atoms with Gasteiger partial charge in [0.05, 0.1) is 6.61 Å². The van der Waals surface area contributed by atoms with Crippen LogP contribution < -0.4 is 0 Å². The Morgan fingerprint density at radius 1 is 1.22 bits per heavy atom. The van der Waals surface area contributed by atoms with E-state index in [1.165, 1.54) is 18.4 Å². The molecule has 2 heterocycles. The molecule has 23 heavy (non-hydrogen) atoms. The van der Waals surface area contributed by atoms with E-state index in [1.54, 1.807) is 7.11 Å². The maximum atomic E-state index is 12.6. The van der Waals surface area contributed by atoms with Gasteiger partial charge in [0, 0.05) is 45.2 Å². The first-order chi connectivity index (χ1) is 11.2. The molecule has 4 heteroatoms. The lowest BCUT2D eigenvalue weighted by Gasteiger charge is -2.57. The zero-order valence-corrected chi connectivity index (χ0v) is 14.2. The number of hydrogen-bond acceptors (Lipinski definition) is 3. The van der Waals surface area contributed by atoms with Gasteiger partial charge in [0.2, 0.25) is 5.91 Å². The molecule has 0 saturated carbocycles. The van der Waals surface area contributed by atoms with E-state index in [2.05, 4.69) is 21.9 Å². The van der Waals surface area contributed by atoms with Crippen molar-refractivity contribution in [3.63, 3.8) is 0 Å². The minimum Gasteiger partial charge on any atom is -0.383 e. The Bertz CT molecular complexity index is 519. The molecule has 4 nitrogen and oxygen atoms in total. The molecule has 0 aliphatic carbocycles. The second kappa shape index (κ2) is 7.45. The van der Waals surface area contributed by atoms with Gasteiger partial charge in [-0.1, -0.05) is 30.3 Å². The molecule has 2 aliphatic heterocycles. The highest BCUT2D eigenvalue weighted by atomic mass is 16.5. The fraction of sp³-hybridized carbons (Fsp3) is 0.632. The summed E-state index contributed by atoms with van der Waals surface area (Å²) in [6.45, 7) is 4.75. The Balaban J connectivity index is 1.53. The van der Waals surface area contributed by atoms with Crippen LogP contribution in [0.5, 0.6) is 0 Å². The zero-order valence-electron chi connectivity index (χ0n) is 14.2. The smallest absolute Gasteiger partial charge is 0.222 e. The standard InChI is InChI=1S/C19H28N2O2/c1-23-15-14-21-13-11-19(21)10-5-12-20(16-19)18(22)9-8-17-6-3-2-4-7-17/h2-4,6-7H,5,8-16H2,1H3/t19-/m1/s1. The third-order valence-corrected chi connectivity index (χ3v) is 5.46. The van der Waals surface area contributed by atoms with Crippen molar-refractivity contribution < 1.29 is 9.53 Å². The van der Waals surface area contributed by atoms with E-state index in [0.717, 1.165) is 45.6 Å². The lowest BCUT2D eigenvalue weighted by molar-refractivity contribution is -0.140. The van der Waals surface area contributed by atoms with Crippen molar-refractivity contribution in [1.82, 2.24) is 9.80 Å². The van der Waals surface area contributed by atoms with Gasteiger partial charge in [-0.3, -0.25) is 9.69 Å².